The summed E-state index contributed by atoms with van der Waals surface area (Å²) in [6, 6.07) is 8.80. The predicted octanol–water partition coefficient (Wildman–Crippen LogP) is -4.54. The van der Waals surface area contributed by atoms with Crippen molar-refractivity contribution in [3.8, 4) is 0 Å². The number of hydrogen-bond acceptors (Lipinski definition) is 6. The van der Waals surface area contributed by atoms with Gasteiger partial charge in [0, 0.05) is 26.2 Å². The molecular formula is C14H22N3NaO3. The number of nitrogens with one attached hydrogen (secondary N) is 2. The SMILES string of the molecule is NCCNCCN[C@@H](COCc1ccccc1)C(=O)[O-].[Na+]. The van der Waals surface area contributed by atoms with Crippen molar-refractivity contribution >= 4 is 5.97 Å². The van der Waals surface area contributed by atoms with Crippen LogP contribution < -0.4 is 51.0 Å². The molecule has 0 saturated heterocycles. The van der Waals surface area contributed by atoms with Crippen LogP contribution in [0.25, 0.3) is 0 Å². The van der Waals surface area contributed by atoms with Gasteiger partial charge in [-0.15, -0.1) is 0 Å². The van der Waals surface area contributed by atoms with Crippen molar-refractivity contribution in [2.24, 2.45) is 5.73 Å². The van der Waals surface area contributed by atoms with Crippen LogP contribution in [0.5, 0.6) is 0 Å². The fraction of sp³-hybridized carbons (Fsp3) is 0.500. The fourth-order valence-corrected chi connectivity index (χ4v) is 1.64. The molecule has 0 unspecified atom stereocenters. The average Bonchev–Trinajstić information content (AvgIpc) is 2.46. The Labute approximate surface area is 147 Å². The van der Waals surface area contributed by atoms with E-state index in [0.29, 0.717) is 32.8 Å². The molecule has 0 heterocycles. The molecule has 1 rings (SSSR count). The number of carboxylic acid groups (broad SMARTS) is 1. The summed E-state index contributed by atoms with van der Waals surface area (Å²) in [7, 11) is 0. The van der Waals surface area contributed by atoms with Crippen LogP contribution in [0.15, 0.2) is 30.3 Å². The first-order valence-electron chi connectivity index (χ1n) is 6.70. The molecule has 0 aliphatic rings. The van der Waals surface area contributed by atoms with Gasteiger partial charge in [0.25, 0.3) is 0 Å². The Bertz CT molecular complexity index is 379. The molecule has 4 N–H and O–H groups in total. The number of hydrogen-bond donors (Lipinski definition) is 3. The molecule has 1 aromatic rings. The number of carbonyl (C=O) groups excluding carboxylic acids is 1. The second-order valence-corrected chi connectivity index (χ2v) is 4.37. The minimum absolute atomic E-state index is 0. The topological polar surface area (TPSA) is 99.4 Å². The molecule has 0 aliphatic heterocycles. The van der Waals surface area contributed by atoms with Crippen LogP contribution in [0.2, 0.25) is 0 Å². The second kappa shape index (κ2) is 13.2. The summed E-state index contributed by atoms with van der Waals surface area (Å²) in [6.45, 7) is 2.91. The zero-order chi connectivity index (χ0) is 14.6. The van der Waals surface area contributed by atoms with Gasteiger partial charge in [0.05, 0.1) is 25.2 Å². The Hall–Kier alpha value is -0.470. The second-order valence-electron chi connectivity index (χ2n) is 4.37. The first kappa shape index (κ1) is 20.5. The molecule has 6 nitrogen and oxygen atoms in total. The predicted molar refractivity (Wildman–Crippen MR) is 74.8 cm³/mol. The van der Waals surface area contributed by atoms with Crippen molar-refractivity contribution in [2.45, 2.75) is 12.6 Å². The van der Waals surface area contributed by atoms with E-state index in [1.165, 1.54) is 0 Å². The zero-order valence-electron chi connectivity index (χ0n) is 12.5. The van der Waals surface area contributed by atoms with Gasteiger partial charge in [0.2, 0.25) is 0 Å². The number of aliphatic carboxylic acids is 1. The van der Waals surface area contributed by atoms with Crippen molar-refractivity contribution in [1.29, 1.82) is 0 Å². The number of rotatable bonds is 11. The average molecular weight is 303 g/mol. The van der Waals surface area contributed by atoms with Crippen LogP contribution in [0.4, 0.5) is 0 Å². The minimum Gasteiger partial charge on any atom is -0.548 e. The molecule has 0 amide bonds. The molecule has 0 aromatic heterocycles. The van der Waals surface area contributed by atoms with E-state index in [2.05, 4.69) is 10.6 Å². The van der Waals surface area contributed by atoms with Gasteiger partial charge in [0.15, 0.2) is 0 Å². The largest absolute Gasteiger partial charge is 1.00 e. The molecular weight excluding hydrogens is 281 g/mol. The maximum absolute atomic E-state index is 11.0. The number of carboxylic acids is 1. The quantitative estimate of drug-likeness (QED) is 0.281. The molecule has 21 heavy (non-hydrogen) atoms. The molecule has 0 radical (unpaired) electrons. The van der Waals surface area contributed by atoms with Crippen molar-refractivity contribution in [3.05, 3.63) is 35.9 Å². The summed E-state index contributed by atoms with van der Waals surface area (Å²) in [5, 5.41) is 16.9. The summed E-state index contributed by atoms with van der Waals surface area (Å²) in [6.07, 6.45) is 0. The van der Waals surface area contributed by atoms with Crippen LogP contribution in [0.3, 0.4) is 0 Å². The summed E-state index contributed by atoms with van der Waals surface area (Å²) in [5.41, 5.74) is 6.34. The third-order valence-corrected chi connectivity index (χ3v) is 2.69. The maximum Gasteiger partial charge on any atom is 1.00 e. The van der Waals surface area contributed by atoms with Crippen LogP contribution in [-0.4, -0.2) is 44.8 Å². The maximum atomic E-state index is 11.0. The normalized spacial score (nSPS) is 11.7. The summed E-state index contributed by atoms with van der Waals surface area (Å²) in [5.74, 6) is -1.16. The number of nitrogens with two attached hydrogens (primary N) is 1. The third-order valence-electron chi connectivity index (χ3n) is 2.69. The van der Waals surface area contributed by atoms with Gasteiger partial charge in [-0.1, -0.05) is 30.3 Å². The van der Waals surface area contributed by atoms with E-state index < -0.39 is 12.0 Å². The molecule has 1 aromatic carbocycles. The number of carbonyl (C=O) groups is 1. The molecule has 0 bridgehead atoms. The van der Waals surface area contributed by atoms with Crippen LogP contribution in [0, 0.1) is 0 Å². The Morgan fingerprint density at radius 3 is 2.57 bits per heavy atom. The molecule has 0 spiro atoms. The minimum atomic E-state index is -1.16. The van der Waals surface area contributed by atoms with E-state index in [1.54, 1.807) is 0 Å². The fourth-order valence-electron chi connectivity index (χ4n) is 1.64. The van der Waals surface area contributed by atoms with Crippen molar-refractivity contribution < 1.29 is 44.2 Å². The Balaban J connectivity index is 0.00000400. The molecule has 1 atom stereocenters. The van der Waals surface area contributed by atoms with E-state index in [4.69, 9.17) is 10.5 Å². The van der Waals surface area contributed by atoms with Crippen molar-refractivity contribution in [2.75, 3.05) is 32.8 Å². The van der Waals surface area contributed by atoms with Gasteiger partial charge in [0.1, 0.15) is 0 Å². The first-order chi connectivity index (χ1) is 9.74. The van der Waals surface area contributed by atoms with Gasteiger partial charge in [-0.3, -0.25) is 0 Å². The Morgan fingerprint density at radius 1 is 1.24 bits per heavy atom. The monoisotopic (exact) mass is 303 g/mol. The summed E-state index contributed by atoms with van der Waals surface area (Å²) in [4.78, 5) is 11.0. The van der Waals surface area contributed by atoms with Gasteiger partial charge in [-0.25, -0.2) is 0 Å². The third kappa shape index (κ3) is 9.97. The van der Waals surface area contributed by atoms with Gasteiger partial charge >= 0.3 is 29.6 Å². The van der Waals surface area contributed by atoms with E-state index >= 15 is 0 Å². The smallest absolute Gasteiger partial charge is 0.548 e. The molecule has 112 valence electrons. The van der Waals surface area contributed by atoms with Crippen LogP contribution in [-0.2, 0) is 16.1 Å². The van der Waals surface area contributed by atoms with Gasteiger partial charge in [-0.2, -0.15) is 0 Å². The van der Waals surface area contributed by atoms with Gasteiger partial charge < -0.3 is 31.0 Å². The molecule has 7 heteroatoms. The number of ether oxygens (including phenoxy) is 1. The van der Waals surface area contributed by atoms with E-state index in [9.17, 15) is 9.90 Å². The standard InChI is InChI=1S/C14H23N3O3.Na/c15-6-7-16-8-9-17-13(14(18)19)11-20-10-12-4-2-1-3-5-12;/h1-5,13,16-17H,6-11,15H2,(H,18,19);/q;+1/p-1/t13-;/m0./s1. The number of benzene rings is 1. The zero-order valence-corrected chi connectivity index (χ0v) is 14.5. The van der Waals surface area contributed by atoms with E-state index in [1.807, 2.05) is 30.3 Å². The molecule has 0 saturated carbocycles. The van der Waals surface area contributed by atoms with Crippen LogP contribution in [0.1, 0.15) is 5.56 Å². The van der Waals surface area contributed by atoms with Gasteiger partial charge in [-0.05, 0) is 5.56 Å². The Morgan fingerprint density at radius 2 is 1.95 bits per heavy atom. The van der Waals surface area contributed by atoms with Crippen molar-refractivity contribution in [1.82, 2.24) is 10.6 Å². The van der Waals surface area contributed by atoms with Crippen molar-refractivity contribution in [3.63, 3.8) is 0 Å². The van der Waals surface area contributed by atoms with Crippen LogP contribution >= 0.6 is 0 Å². The molecule has 0 aliphatic carbocycles. The molecule has 0 fully saturated rings. The summed E-state index contributed by atoms with van der Waals surface area (Å²) >= 11 is 0. The Kier molecular flexibility index (Phi) is 12.9. The first-order valence-corrected chi connectivity index (χ1v) is 6.70. The van der Waals surface area contributed by atoms with E-state index in [-0.39, 0.29) is 36.2 Å². The summed E-state index contributed by atoms with van der Waals surface area (Å²) < 4.78 is 5.40. The van der Waals surface area contributed by atoms with E-state index in [0.717, 1.165) is 5.56 Å².